The molecule has 3 rings (SSSR count). The third kappa shape index (κ3) is 3.36. The molecular formula is C19H12Cl2FNO2. The lowest BCUT2D eigenvalue weighted by molar-refractivity contribution is 0.103. The van der Waals surface area contributed by atoms with E-state index in [-0.39, 0.29) is 27.0 Å². The standard InChI is InChI=1S/C19H12Cl2FNO2/c1-11-9-13(22)6-7-14(11)19(25)12-5-8-17(24)23(10-12)18-15(20)3-2-4-16(18)21/h2-10H,1H3. The van der Waals surface area contributed by atoms with Crippen LogP contribution in [-0.2, 0) is 0 Å². The molecule has 1 heterocycles. The van der Waals surface area contributed by atoms with Gasteiger partial charge in [-0.15, -0.1) is 0 Å². The Hall–Kier alpha value is -2.43. The van der Waals surface area contributed by atoms with Gasteiger partial charge in [0.25, 0.3) is 5.56 Å². The SMILES string of the molecule is Cc1cc(F)ccc1C(=O)c1ccc(=O)n(-c2c(Cl)cccc2Cl)c1. The molecule has 3 nitrogen and oxygen atoms in total. The molecule has 2 aromatic carbocycles. The fourth-order valence-electron chi connectivity index (χ4n) is 2.55. The van der Waals surface area contributed by atoms with E-state index in [4.69, 9.17) is 23.2 Å². The molecule has 3 aromatic rings. The quantitative estimate of drug-likeness (QED) is 0.615. The highest BCUT2D eigenvalue weighted by Crippen LogP contribution is 2.27. The number of hydrogen-bond acceptors (Lipinski definition) is 2. The number of halogens is 3. The topological polar surface area (TPSA) is 39.1 Å². The van der Waals surface area contributed by atoms with Crippen LogP contribution in [0.15, 0.2) is 59.5 Å². The molecule has 0 aliphatic heterocycles. The number of pyridine rings is 1. The van der Waals surface area contributed by atoms with Crippen LogP contribution in [0, 0.1) is 12.7 Å². The van der Waals surface area contributed by atoms with E-state index in [1.54, 1.807) is 25.1 Å². The Labute approximate surface area is 153 Å². The molecule has 0 aliphatic carbocycles. The summed E-state index contributed by atoms with van der Waals surface area (Å²) in [6.07, 6.45) is 1.39. The average molecular weight is 376 g/mol. The third-order valence-corrected chi connectivity index (χ3v) is 4.39. The third-order valence-electron chi connectivity index (χ3n) is 3.78. The van der Waals surface area contributed by atoms with Crippen molar-refractivity contribution in [2.75, 3.05) is 0 Å². The lowest BCUT2D eigenvalue weighted by Crippen LogP contribution is -2.19. The van der Waals surface area contributed by atoms with Gasteiger partial charge in [0, 0.05) is 23.4 Å². The van der Waals surface area contributed by atoms with E-state index in [1.807, 2.05) is 0 Å². The minimum atomic E-state index is -0.415. The minimum Gasteiger partial charge on any atom is -0.289 e. The second-order valence-electron chi connectivity index (χ2n) is 5.48. The second kappa shape index (κ2) is 6.82. The Balaban J connectivity index is 2.14. The fourth-order valence-corrected chi connectivity index (χ4v) is 3.13. The first-order chi connectivity index (χ1) is 11.9. The van der Waals surface area contributed by atoms with Crippen molar-refractivity contribution >= 4 is 29.0 Å². The van der Waals surface area contributed by atoms with Gasteiger partial charge in [-0.2, -0.15) is 0 Å². The van der Waals surface area contributed by atoms with Crippen LogP contribution in [0.3, 0.4) is 0 Å². The molecule has 0 atom stereocenters. The summed E-state index contributed by atoms with van der Waals surface area (Å²) in [5, 5.41) is 0.578. The minimum absolute atomic E-state index is 0.269. The molecule has 0 unspecified atom stereocenters. The van der Waals surface area contributed by atoms with Crippen LogP contribution < -0.4 is 5.56 Å². The largest absolute Gasteiger partial charge is 0.289 e. The maximum Gasteiger partial charge on any atom is 0.255 e. The maximum absolute atomic E-state index is 13.3. The van der Waals surface area contributed by atoms with Crippen LogP contribution in [-0.4, -0.2) is 10.4 Å². The summed E-state index contributed by atoms with van der Waals surface area (Å²) in [4.78, 5) is 25.0. The molecule has 0 saturated carbocycles. The van der Waals surface area contributed by atoms with Crippen molar-refractivity contribution in [1.82, 2.24) is 4.57 Å². The highest BCUT2D eigenvalue weighted by molar-refractivity contribution is 6.37. The van der Waals surface area contributed by atoms with E-state index < -0.39 is 5.82 Å². The summed E-state index contributed by atoms with van der Waals surface area (Å²) >= 11 is 12.3. The summed E-state index contributed by atoms with van der Waals surface area (Å²) in [6, 6.07) is 11.5. The number of aryl methyl sites for hydroxylation is 1. The van der Waals surface area contributed by atoms with E-state index in [2.05, 4.69) is 0 Å². The van der Waals surface area contributed by atoms with Gasteiger partial charge in [-0.05, 0) is 48.9 Å². The van der Waals surface area contributed by atoms with Gasteiger partial charge in [-0.1, -0.05) is 29.3 Å². The summed E-state index contributed by atoms with van der Waals surface area (Å²) in [6.45, 7) is 1.65. The van der Waals surface area contributed by atoms with Crippen molar-refractivity contribution in [2.24, 2.45) is 0 Å². The van der Waals surface area contributed by atoms with Gasteiger partial charge in [0.2, 0.25) is 0 Å². The number of carbonyl (C=O) groups excluding carboxylic acids is 1. The van der Waals surface area contributed by atoms with Gasteiger partial charge in [-0.3, -0.25) is 14.2 Å². The Morgan fingerprint density at radius 2 is 1.72 bits per heavy atom. The van der Waals surface area contributed by atoms with Crippen LogP contribution in [0.1, 0.15) is 21.5 Å². The number of hydrogen-bond donors (Lipinski definition) is 0. The molecule has 0 spiro atoms. The van der Waals surface area contributed by atoms with Crippen molar-refractivity contribution in [1.29, 1.82) is 0 Å². The summed E-state index contributed by atoms with van der Waals surface area (Å²) in [5.41, 5.74) is 1.07. The molecule has 126 valence electrons. The molecule has 0 aliphatic rings. The number of carbonyl (C=O) groups is 1. The van der Waals surface area contributed by atoms with E-state index >= 15 is 0 Å². The lowest BCUT2D eigenvalue weighted by atomic mass is 10.00. The zero-order chi connectivity index (χ0) is 18.1. The Kier molecular flexibility index (Phi) is 4.75. The summed E-state index contributed by atoms with van der Waals surface area (Å²) in [5.74, 6) is -0.740. The Morgan fingerprint density at radius 3 is 2.36 bits per heavy atom. The van der Waals surface area contributed by atoms with Gasteiger partial charge in [0.15, 0.2) is 5.78 Å². The van der Waals surface area contributed by atoms with Crippen molar-refractivity contribution in [2.45, 2.75) is 6.92 Å². The van der Waals surface area contributed by atoms with Gasteiger partial charge >= 0.3 is 0 Å². The first-order valence-corrected chi connectivity index (χ1v) is 8.12. The Bertz CT molecular complexity index is 1020. The molecule has 0 saturated heterocycles. The molecule has 1 aromatic heterocycles. The first kappa shape index (κ1) is 17.4. The molecule has 0 bridgehead atoms. The molecule has 0 N–H and O–H groups in total. The van der Waals surface area contributed by atoms with Crippen LogP contribution in [0.4, 0.5) is 4.39 Å². The molecular weight excluding hydrogens is 364 g/mol. The summed E-state index contributed by atoms with van der Waals surface area (Å²) < 4.78 is 14.5. The van der Waals surface area contributed by atoms with Gasteiger partial charge in [-0.25, -0.2) is 4.39 Å². The first-order valence-electron chi connectivity index (χ1n) is 7.36. The summed E-state index contributed by atoms with van der Waals surface area (Å²) in [7, 11) is 0. The average Bonchev–Trinajstić information content (AvgIpc) is 2.56. The molecule has 0 radical (unpaired) electrons. The smallest absolute Gasteiger partial charge is 0.255 e. The molecule has 0 fully saturated rings. The predicted octanol–water partition coefficient (Wildman–Crippen LogP) is 4.82. The van der Waals surface area contributed by atoms with Crippen molar-refractivity contribution in [3.8, 4) is 5.69 Å². The van der Waals surface area contributed by atoms with Crippen LogP contribution in [0.25, 0.3) is 5.69 Å². The molecule has 25 heavy (non-hydrogen) atoms. The number of nitrogens with zero attached hydrogens (tertiary/aromatic N) is 1. The van der Waals surface area contributed by atoms with Crippen molar-refractivity contribution in [3.05, 3.63) is 97.6 Å². The zero-order valence-corrected chi connectivity index (χ0v) is 14.6. The number of benzene rings is 2. The lowest BCUT2D eigenvalue weighted by Gasteiger charge is -2.12. The van der Waals surface area contributed by atoms with Crippen LogP contribution in [0.5, 0.6) is 0 Å². The predicted molar refractivity (Wildman–Crippen MR) is 96.6 cm³/mol. The molecule has 0 amide bonds. The number of rotatable bonds is 3. The van der Waals surface area contributed by atoms with E-state index in [1.165, 1.54) is 41.1 Å². The normalized spacial score (nSPS) is 10.7. The fraction of sp³-hybridized carbons (Fsp3) is 0.0526. The maximum atomic E-state index is 13.3. The van der Waals surface area contributed by atoms with Crippen LogP contribution >= 0.6 is 23.2 Å². The molecule has 6 heteroatoms. The zero-order valence-electron chi connectivity index (χ0n) is 13.1. The highest BCUT2D eigenvalue weighted by Gasteiger charge is 2.16. The number of aromatic nitrogens is 1. The van der Waals surface area contributed by atoms with E-state index in [0.29, 0.717) is 16.8 Å². The van der Waals surface area contributed by atoms with Gasteiger partial charge in [0.1, 0.15) is 5.82 Å². The van der Waals surface area contributed by atoms with E-state index in [9.17, 15) is 14.0 Å². The van der Waals surface area contributed by atoms with Gasteiger partial charge in [0.05, 0.1) is 15.7 Å². The van der Waals surface area contributed by atoms with Crippen molar-refractivity contribution in [3.63, 3.8) is 0 Å². The number of ketones is 1. The monoisotopic (exact) mass is 375 g/mol. The highest BCUT2D eigenvalue weighted by atomic mass is 35.5. The second-order valence-corrected chi connectivity index (χ2v) is 6.30. The van der Waals surface area contributed by atoms with Gasteiger partial charge < -0.3 is 0 Å². The van der Waals surface area contributed by atoms with Crippen molar-refractivity contribution < 1.29 is 9.18 Å². The van der Waals surface area contributed by atoms with Crippen LogP contribution in [0.2, 0.25) is 10.0 Å². The van der Waals surface area contributed by atoms with E-state index in [0.717, 1.165) is 0 Å². The Morgan fingerprint density at radius 1 is 1.04 bits per heavy atom. The number of para-hydroxylation sites is 1.